The number of hydrogen-bond acceptors (Lipinski definition) is 4. The summed E-state index contributed by atoms with van der Waals surface area (Å²) in [4.78, 5) is 21.7. The van der Waals surface area contributed by atoms with Crippen molar-refractivity contribution in [2.75, 3.05) is 6.61 Å². The molecule has 1 aliphatic carbocycles. The fraction of sp³-hybridized carbons (Fsp3) is 0.600. The molecule has 0 aromatic rings. The van der Waals surface area contributed by atoms with E-state index in [1.54, 1.807) is 0 Å². The monoisotopic (exact) mass is 196 g/mol. The molecule has 0 spiro atoms. The summed E-state index contributed by atoms with van der Waals surface area (Å²) >= 11 is 0. The average Bonchev–Trinajstić information content (AvgIpc) is 2.97. The molecule has 0 radical (unpaired) electrons. The van der Waals surface area contributed by atoms with E-state index in [2.05, 4.69) is 15.4 Å². The molecule has 14 heavy (non-hydrogen) atoms. The van der Waals surface area contributed by atoms with Crippen LogP contribution in [0.4, 0.5) is 0 Å². The summed E-state index contributed by atoms with van der Waals surface area (Å²) in [5.74, 6) is 1.07. The van der Waals surface area contributed by atoms with Crippen LogP contribution < -0.4 is 0 Å². The summed E-state index contributed by atoms with van der Waals surface area (Å²) in [5.41, 5.74) is 0. The standard InChI is InChI=1S/C10H12O4/c1-2-6-13-9(11)5-7-14-10(12)8-3-4-8/h8H,2-4,6H2,1H3. The van der Waals surface area contributed by atoms with Gasteiger partial charge in [0.1, 0.15) is 6.11 Å². The van der Waals surface area contributed by atoms with Crippen molar-refractivity contribution in [3.8, 4) is 12.0 Å². The van der Waals surface area contributed by atoms with Crippen molar-refractivity contribution >= 4 is 11.9 Å². The zero-order chi connectivity index (χ0) is 10.4. The fourth-order valence-corrected chi connectivity index (χ4v) is 0.751. The summed E-state index contributed by atoms with van der Waals surface area (Å²) in [6.07, 6.45) is 4.51. The van der Waals surface area contributed by atoms with E-state index in [-0.39, 0.29) is 11.9 Å². The second-order valence-electron chi connectivity index (χ2n) is 3.06. The van der Waals surface area contributed by atoms with Gasteiger partial charge in [-0.05, 0) is 19.3 Å². The molecule has 1 saturated carbocycles. The second-order valence-corrected chi connectivity index (χ2v) is 3.06. The quantitative estimate of drug-likeness (QED) is 0.496. The average molecular weight is 196 g/mol. The van der Waals surface area contributed by atoms with Gasteiger partial charge in [0.2, 0.25) is 0 Å². The van der Waals surface area contributed by atoms with Gasteiger partial charge < -0.3 is 9.47 Å². The van der Waals surface area contributed by atoms with E-state index in [1.807, 2.05) is 13.0 Å². The molecule has 0 saturated heterocycles. The van der Waals surface area contributed by atoms with Crippen LogP contribution in [0.25, 0.3) is 0 Å². The van der Waals surface area contributed by atoms with Crippen molar-refractivity contribution in [1.29, 1.82) is 0 Å². The van der Waals surface area contributed by atoms with Gasteiger partial charge in [-0.1, -0.05) is 6.92 Å². The lowest BCUT2D eigenvalue weighted by Gasteiger charge is -1.94. The maximum Gasteiger partial charge on any atom is 0.387 e. The van der Waals surface area contributed by atoms with Crippen LogP contribution in [-0.4, -0.2) is 18.5 Å². The highest BCUT2D eigenvalue weighted by atomic mass is 16.5. The van der Waals surface area contributed by atoms with Gasteiger partial charge in [0, 0.05) is 0 Å². The van der Waals surface area contributed by atoms with E-state index in [1.165, 1.54) is 0 Å². The third-order valence-corrected chi connectivity index (χ3v) is 1.65. The number of hydrogen-bond donors (Lipinski definition) is 0. The molecule has 1 aliphatic rings. The molecule has 0 bridgehead atoms. The zero-order valence-corrected chi connectivity index (χ0v) is 8.04. The topological polar surface area (TPSA) is 52.6 Å². The van der Waals surface area contributed by atoms with Crippen LogP contribution in [0.5, 0.6) is 0 Å². The van der Waals surface area contributed by atoms with Crippen LogP contribution >= 0.6 is 0 Å². The molecule has 1 rings (SSSR count). The molecule has 0 aromatic carbocycles. The molecule has 4 heteroatoms. The summed E-state index contributed by atoms with van der Waals surface area (Å²) in [5, 5.41) is 0. The van der Waals surface area contributed by atoms with Crippen LogP contribution in [0, 0.1) is 17.9 Å². The van der Waals surface area contributed by atoms with Crippen molar-refractivity contribution in [1.82, 2.24) is 0 Å². The van der Waals surface area contributed by atoms with Gasteiger partial charge >= 0.3 is 11.9 Å². The van der Waals surface area contributed by atoms with Crippen molar-refractivity contribution in [3.63, 3.8) is 0 Å². The molecule has 0 aromatic heterocycles. The van der Waals surface area contributed by atoms with E-state index in [0.29, 0.717) is 6.61 Å². The number of rotatable bonds is 3. The Balaban J connectivity index is 2.17. The van der Waals surface area contributed by atoms with Crippen molar-refractivity contribution in [2.24, 2.45) is 5.92 Å². The lowest BCUT2D eigenvalue weighted by Crippen LogP contribution is -2.04. The summed E-state index contributed by atoms with van der Waals surface area (Å²) in [7, 11) is 0. The first-order valence-corrected chi connectivity index (χ1v) is 4.62. The van der Waals surface area contributed by atoms with E-state index in [4.69, 9.17) is 0 Å². The molecular weight excluding hydrogens is 184 g/mol. The van der Waals surface area contributed by atoms with Gasteiger partial charge in [0.05, 0.1) is 18.4 Å². The fourth-order valence-electron chi connectivity index (χ4n) is 0.751. The zero-order valence-electron chi connectivity index (χ0n) is 8.04. The SMILES string of the molecule is CCCOC(=O)C#COC(=O)C1CC1. The minimum atomic E-state index is -0.657. The van der Waals surface area contributed by atoms with Crippen LogP contribution in [0.3, 0.4) is 0 Å². The Hall–Kier alpha value is -1.50. The molecule has 1 fully saturated rings. The summed E-state index contributed by atoms with van der Waals surface area (Å²) < 4.78 is 9.16. The molecule has 76 valence electrons. The lowest BCUT2D eigenvalue weighted by atomic mass is 10.4. The Bertz CT molecular complexity index is 280. The van der Waals surface area contributed by atoms with E-state index < -0.39 is 5.97 Å². The molecular formula is C10H12O4. The first kappa shape index (κ1) is 10.6. The molecule has 0 amide bonds. The van der Waals surface area contributed by atoms with Gasteiger partial charge in [-0.15, -0.1) is 0 Å². The predicted molar refractivity (Wildman–Crippen MR) is 47.8 cm³/mol. The Morgan fingerprint density at radius 2 is 2.14 bits per heavy atom. The molecule has 0 unspecified atom stereocenters. The maximum absolute atomic E-state index is 10.9. The van der Waals surface area contributed by atoms with Gasteiger partial charge in [-0.25, -0.2) is 4.79 Å². The molecule has 0 aliphatic heterocycles. The largest absolute Gasteiger partial charge is 0.456 e. The van der Waals surface area contributed by atoms with Crippen LogP contribution in [0.2, 0.25) is 0 Å². The third kappa shape index (κ3) is 3.94. The van der Waals surface area contributed by atoms with Gasteiger partial charge in [0.15, 0.2) is 0 Å². The van der Waals surface area contributed by atoms with Crippen molar-refractivity contribution in [3.05, 3.63) is 0 Å². The van der Waals surface area contributed by atoms with Crippen LogP contribution in [-0.2, 0) is 19.1 Å². The number of esters is 2. The maximum atomic E-state index is 10.9. The third-order valence-electron chi connectivity index (χ3n) is 1.65. The molecule has 4 nitrogen and oxygen atoms in total. The predicted octanol–water partition coefficient (Wildman–Crippen LogP) is 0.854. The first-order chi connectivity index (χ1) is 6.74. The number of carbonyl (C=O) groups excluding carboxylic acids is 2. The first-order valence-electron chi connectivity index (χ1n) is 4.62. The number of ether oxygens (including phenoxy) is 2. The van der Waals surface area contributed by atoms with E-state index in [0.717, 1.165) is 19.3 Å². The minimum absolute atomic E-state index is 0.00374. The Labute approximate surface area is 82.6 Å². The smallest absolute Gasteiger partial charge is 0.387 e. The molecule has 0 N–H and O–H groups in total. The highest BCUT2D eigenvalue weighted by Crippen LogP contribution is 2.29. The van der Waals surface area contributed by atoms with Gasteiger partial charge in [0.25, 0.3) is 0 Å². The van der Waals surface area contributed by atoms with Crippen molar-refractivity contribution < 1.29 is 19.1 Å². The Morgan fingerprint density at radius 1 is 1.43 bits per heavy atom. The highest BCUT2D eigenvalue weighted by Gasteiger charge is 2.31. The summed E-state index contributed by atoms with van der Waals surface area (Å²) in [6.45, 7) is 2.22. The summed E-state index contributed by atoms with van der Waals surface area (Å²) in [6, 6.07) is 0. The van der Waals surface area contributed by atoms with E-state index in [9.17, 15) is 9.59 Å². The number of carbonyl (C=O) groups is 2. The Morgan fingerprint density at radius 3 is 2.71 bits per heavy atom. The lowest BCUT2D eigenvalue weighted by molar-refractivity contribution is -0.138. The van der Waals surface area contributed by atoms with E-state index >= 15 is 0 Å². The Kier molecular flexibility index (Phi) is 3.99. The van der Waals surface area contributed by atoms with Crippen LogP contribution in [0.15, 0.2) is 0 Å². The molecule has 0 heterocycles. The van der Waals surface area contributed by atoms with Gasteiger partial charge in [-0.2, -0.15) is 0 Å². The normalized spacial score (nSPS) is 13.8. The van der Waals surface area contributed by atoms with Crippen LogP contribution in [0.1, 0.15) is 26.2 Å². The van der Waals surface area contributed by atoms with Gasteiger partial charge in [-0.3, -0.25) is 4.79 Å². The second kappa shape index (κ2) is 5.28. The minimum Gasteiger partial charge on any atom is -0.456 e. The highest BCUT2D eigenvalue weighted by molar-refractivity contribution is 5.88. The van der Waals surface area contributed by atoms with Crippen molar-refractivity contribution in [2.45, 2.75) is 26.2 Å². The molecule has 0 atom stereocenters.